The molecule has 0 aliphatic heterocycles. The van der Waals surface area contributed by atoms with Crippen molar-refractivity contribution in [3.05, 3.63) is 200 Å². The molecule has 4 aromatic heterocycles. The maximum absolute atomic E-state index is 6.66. The molecule has 0 spiro atoms. The molecule has 0 aliphatic rings. The molecule has 0 atom stereocenters. The van der Waals surface area contributed by atoms with Gasteiger partial charge in [0, 0.05) is 49.2 Å². The molecule has 0 fully saturated rings. The average molecular weight is 768 g/mol. The summed E-state index contributed by atoms with van der Waals surface area (Å²) in [7, 11) is 0. The van der Waals surface area contributed by atoms with Crippen LogP contribution >= 0.6 is 0 Å². The highest BCUT2D eigenvalue weighted by atomic mass is 16.3. The fourth-order valence-electron chi connectivity index (χ4n) is 8.58. The van der Waals surface area contributed by atoms with Gasteiger partial charge in [0.15, 0.2) is 11.4 Å². The summed E-state index contributed by atoms with van der Waals surface area (Å²) < 4.78 is 12.8. The lowest BCUT2D eigenvalue weighted by atomic mass is 9.95. The Morgan fingerprint density at radius 1 is 0.317 bits per heavy atom. The third-order valence-corrected chi connectivity index (χ3v) is 11.5. The van der Waals surface area contributed by atoms with Gasteiger partial charge in [-0.05, 0) is 58.7 Å². The number of furan rings is 2. The van der Waals surface area contributed by atoms with Gasteiger partial charge in [0.1, 0.15) is 22.4 Å². The Morgan fingerprint density at radius 3 is 1.57 bits per heavy atom. The average Bonchev–Trinajstić information content (AvgIpc) is 3.91. The van der Waals surface area contributed by atoms with Gasteiger partial charge in [0.25, 0.3) is 0 Å². The van der Waals surface area contributed by atoms with Crippen LogP contribution in [-0.4, -0.2) is 15.0 Å². The van der Waals surface area contributed by atoms with Gasteiger partial charge in [0.05, 0.1) is 16.9 Å². The normalized spacial score (nSPS) is 11.7. The predicted molar refractivity (Wildman–Crippen MR) is 245 cm³/mol. The molecule has 5 heteroatoms. The largest absolute Gasteiger partial charge is 0.456 e. The topological polar surface area (TPSA) is 65.0 Å². The van der Waals surface area contributed by atoms with E-state index in [-0.39, 0.29) is 0 Å². The third kappa shape index (κ3) is 5.67. The fourth-order valence-corrected chi connectivity index (χ4v) is 8.58. The molecule has 280 valence electrons. The first-order valence-electron chi connectivity index (χ1n) is 20.1. The minimum absolute atomic E-state index is 0.662. The Morgan fingerprint density at radius 2 is 0.867 bits per heavy atom. The first-order chi connectivity index (χ1) is 29.7. The zero-order chi connectivity index (χ0) is 39.6. The van der Waals surface area contributed by atoms with Crippen LogP contribution in [0.3, 0.4) is 0 Å². The second-order valence-corrected chi connectivity index (χ2v) is 15.1. The van der Waals surface area contributed by atoms with Gasteiger partial charge in [-0.15, -0.1) is 0 Å². The summed E-state index contributed by atoms with van der Waals surface area (Å²) in [5.41, 5.74) is 15.3. The number of fused-ring (bicyclic) bond motifs is 8. The van der Waals surface area contributed by atoms with E-state index >= 15 is 0 Å². The lowest BCUT2D eigenvalue weighted by Crippen LogP contribution is -1.96. The van der Waals surface area contributed by atoms with E-state index in [1.54, 1.807) is 0 Å². The fraction of sp³-hybridized carbons (Fsp3) is 0. The van der Waals surface area contributed by atoms with Crippen LogP contribution in [0.2, 0.25) is 0 Å². The second-order valence-electron chi connectivity index (χ2n) is 15.1. The summed E-state index contributed by atoms with van der Waals surface area (Å²) in [5.74, 6) is 0.662. The maximum Gasteiger partial charge on any atom is 0.162 e. The monoisotopic (exact) mass is 767 g/mol. The Labute approximate surface area is 344 Å². The van der Waals surface area contributed by atoms with Crippen LogP contribution in [0.5, 0.6) is 0 Å². The highest BCUT2D eigenvalue weighted by Gasteiger charge is 2.20. The number of para-hydroxylation sites is 2. The number of nitrogens with zero attached hydrogens (tertiary/aromatic N) is 3. The predicted octanol–water partition coefficient (Wildman–Crippen LogP) is 14.8. The molecular formula is C55H33N3O2. The summed E-state index contributed by atoms with van der Waals surface area (Å²) in [4.78, 5) is 15.4. The van der Waals surface area contributed by atoms with E-state index in [1.165, 1.54) is 0 Å². The molecule has 0 unspecified atom stereocenters. The quantitative estimate of drug-likeness (QED) is 0.169. The van der Waals surface area contributed by atoms with E-state index in [0.29, 0.717) is 5.82 Å². The summed E-state index contributed by atoms with van der Waals surface area (Å²) >= 11 is 0. The van der Waals surface area contributed by atoms with Crippen molar-refractivity contribution >= 4 is 54.8 Å². The minimum atomic E-state index is 0.662. The van der Waals surface area contributed by atoms with E-state index in [4.69, 9.17) is 23.8 Å². The third-order valence-electron chi connectivity index (χ3n) is 11.5. The van der Waals surface area contributed by atoms with Gasteiger partial charge in [-0.25, -0.2) is 15.0 Å². The molecule has 12 rings (SSSR count). The summed E-state index contributed by atoms with van der Waals surface area (Å²) in [6, 6.07) is 69.0. The zero-order valence-corrected chi connectivity index (χ0v) is 32.2. The number of benzene rings is 8. The van der Waals surface area contributed by atoms with E-state index in [9.17, 15) is 0 Å². The lowest BCUT2D eigenvalue weighted by molar-refractivity contribution is 0.668. The van der Waals surface area contributed by atoms with Crippen molar-refractivity contribution in [1.82, 2.24) is 15.0 Å². The van der Waals surface area contributed by atoms with E-state index in [1.807, 2.05) is 66.7 Å². The highest BCUT2D eigenvalue weighted by Crippen LogP contribution is 2.42. The molecule has 0 saturated heterocycles. The second kappa shape index (κ2) is 13.8. The van der Waals surface area contributed by atoms with Gasteiger partial charge in [-0.2, -0.15) is 0 Å². The van der Waals surface area contributed by atoms with Crippen LogP contribution in [-0.2, 0) is 0 Å². The van der Waals surface area contributed by atoms with Crippen molar-refractivity contribution in [3.63, 3.8) is 0 Å². The summed E-state index contributed by atoms with van der Waals surface area (Å²) in [6.45, 7) is 0. The zero-order valence-electron chi connectivity index (χ0n) is 32.2. The van der Waals surface area contributed by atoms with Crippen LogP contribution < -0.4 is 0 Å². The Bertz CT molecular complexity index is 3510. The van der Waals surface area contributed by atoms with Crippen LogP contribution in [0.15, 0.2) is 209 Å². The molecule has 12 aromatic rings. The van der Waals surface area contributed by atoms with Crippen molar-refractivity contribution in [1.29, 1.82) is 0 Å². The Kier molecular flexibility index (Phi) is 7.78. The van der Waals surface area contributed by atoms with Gasteiger partial charge in [-0.1, -0.05) is 164 Å². The SMILES string of the molecule is c1ccc(-c2cc(-c3ccccc3)nc(-c3ccc(-c4nc5ccc(-c6ccc(-c7cccc8oc9ccccc9c78)cc6)cc5c5c4oc4ccccc45)cc3)n2)cc1. The summed E-state index contributed by atoms with van der Waals surface area (Å²) in [5, 5.41) is 5.43. The van der Waals surface area contributed by atoms with Crippen LogP contribution in [0.1, 0.15) is 0 Å². The molecule has 8 aromatic carbocycles. The smallest absolute Gasteiger partial charge is 0.162 e. The molecule has 60 heavy (non-hydrogen) atoms. The van der Waals surface area contributed by atoms with Crippen molar-refractivity contribution in [3.8, 4) is 67.4 Å². The van der Waals surface area contributed by atoms with Gasteiger partial charge in [0.2, 0.25) is 0 Å². The van der Waals surface area contributed by atoms with E-state index in [0.717, 1.165) is 116 Å². The van der Waals surface area contributed by atoms with Gasteiger partial charge in [-0.3, -0.25) is 0 Å². The molecule has 5 nitrogen and oxygen atoms in total. The number of aromatic nitrogens is 3. The molecule has 0 aliphatic carbocycles. The van der Waals surface area contributed by atoms with E-state index in [2.05, 4.69) is 133 Å². The molecular weight excluding hydrogens is 735 g/mol. The molecule has 0 radical (unpaired) electrons. The number of pyridine rings is 1. The van der Waals surface area contributed by atoms with Crippen LogP contribution in [0, 0.1) is 0 Å². The van der Waals surface area contributed by atoms with Crippen LogP contribution in [0.25, 0.3) is 122 Å². The molecule has 0 amide bonds. The molecule has 0 bridgehead atoms. The first kappa shape index (κ1) is 33.9. The van der Waals surface area contributed by atoms with Gasteiger partial charge < -0.3 is 8.83 Å². The van der Waals surface area contributed by atoms with Gasteiger partial charge >= 0.3 is 0 Å². The van der Waals surface area contributed by atoms with Crippen LogP contribution in [0.4, 0.5) is 0 Å². The summed E-state index contributed by atoms with van der Waals surface area (Å²) in [6.07, 6.45) is 0. The molecule has 4 heterocycles. The highest BCUT2D eigenvalue weighted by molar-refractivity contribution is 6.21. The number of hydrogen-bond acceptors (Lipinski definition) is 5. The molecule has 0 saturated carbocycles. The maximum atomic E-state index is 6.66. The van der Waals surface area contributed by atoms with Crippen molar-refractivity contribution in [2.24, 2.45) is 0 Å². The number of rotatable bonds is 6. The lowest BCUT2D eigenvalue weighted by Gasteiger charge is -2.11. The first-order valence-corrected chi connectivity index (χ1v) is 20.1. The van der Waals surface area contributed by atoms with E-state index < -0.39 is 0 Å². The number of hydrogen-bond donors (Lipinski definition) is 0. The minimum Gasteiger partial charge on any atom is -0.456 e. The molecule has 0 N–H and O–H groups in total. The Balaban J connectivity index is 0.942. The van der Waals surface area contributed by atoms with Crippen molar-refractivity contribution in [2.75, 3.05) is 0 Å². The Hall–Kier alpha value is -8.15. The van der Waals surface area contributed by atoms with Crippen molar-refractivity contribution < 1.29 is 8.83 Å². The standard InChI is InChI=1S/C55H33N3O2/c1-3-12-36(13-4-1)46-33-47(37-14-5-2-6-15-37)58-55(57-46)39-28-26-38(27-29-39)53-54-52(43-17-8-10-20-49(43)60-54)44-32-40(30-31-45(44)56-53)34-22-24-35(25-23-34)41-18-11-21-50-51(41)42-16-7-9-19-48(42)59-50/h1-33H. The van der Waals surface area contributed by atoms with Crippen molar-refractivity contribution in [2.45, 2.75) is 0 Å².